The van der Waals surface area contributed by atoms with Crippen LogP contribution in [0.4, 0.5) is 0 Å². The average molecular weight is 184 g/mol. The first-order valence-electron chi connectivity index (χ1n) is 4.71. The number of ketones is 1. The molecule has 0 amide bonds. The zero-order valence-corrected chi connectivity index (χ0v) is 8.42. The number of ether oxygens (including phenoxy) is 1. The average Bonchev–Trinajstić information content (AvgIpc) is 2.50. The van der Waals surface area contributed by atoms with Crippen LogP contribution in [0.3, 0.4) is 0 Å². The lowest BCUT2D eigenvalue weighted by Gasteiger charge is -2.23. The summed E-state index contributed by atoms with van der Waals surface area (Å²) < 4.78 is 4.92. The van der Waals surface area contributed by atoms with Crippen molar-refractivity contribution in [1.82, 2.24) is 0 Å². The Labute approximate surface area is 78.5 Å². The van der Waals surface area contributed by atoms with Crippen LogP contribution in [-0.2, 0) is 14.3 Å². The molecule has 0 radical (unpaired) electrons. The van der Waals surface area contributed by atoms with Gasteiger partial charge in [-0.3, -0.25) is 9.59 Å². The summed E-state index contributed by atoms with van der Waals surface area (Å²) in [4.78, 5) is 22.6. The highest BCUT2D eigenvalue weighted by molar-refractivity contribution is 5.91. The van der Waals surface area contributed by atoms with Crippen LogP contribution in [0.2, 0.25) is 0 Å². The molecular weight excluding hydrogens is 168 g/mol. The second-order valence-electron chi connectivity index (χ2n) is 4.12. The van der Waals surface area contributed by atoms with E-state index in [-0.39, 0.29) is 17.2 Å². The van der Waals surface area contributed by atoms with Gasteiger partial charge in [-0.1, -0.05) is 20.8 Å². The van der Waals surface area contributed by atoms with Crippen molar-refractivity contribution in [2.75, 3.05) is 0 Å². The lowest BCUT2D eigenvalue weighted by atomic mass is 9.82. The maximum atomic E-state index is 11.8. The van der Waals surface area contributed by atoms with E-state index in [0.717, 1.165) is 6.42 Å². The predicted molar refractivity (Wildman–Crippen MR) is 48.2 cm³/mol. The molecule has 3 heteroatoms. The van der Waals surface area contributed by atoms with E-state index < -0.39 is 6.10 Å². The molecule has 0 aromatic carbocycles. The molecule has 0 aromatic heterocycles. The van der Waals surface area contributed by atoms with Crippen LogP contribution < -0.4 is 0 Å². The maximum Gasteiger partial charge on any atom is 0.306 e. The van der Waals surface area contributed by atoms with Gasteiger partial charge in [0, 0.05) is 18.3 Å². The molecule has 74 valence electrons. The number of carbonyl (C=O) groups excluding carboxylic acids is 2. The monoisotopic (exact) mass is 184 g/mol. The number of carbonyl (C=O) groups is 2. The minimum atomic E-state index is -0.484. The molecule has 1 saturated heterocycles. The van der Waals surface area contributed by atoms with Crippen LogP contribution in [0.1, 0.15) is 40.0 Å². The molecule has 13 heavy (non-hydrogen) atoms. The summed E-state index contributed by atoms with van der Waals surface area (Å²) in [5.41, 5.74) is -0.366. The van der Waals surface area contributed by atoms with E-state index in [1.807, 2.05) is 20.8 Å². The molecule has 1 fully saturated rings. The number of rotatable bonds is 3. The van der Waals surface area contributed by atoms with E-state index in [2.05, 4.69) is 0 Å². The molecule has 0 aromatic rings. The van der Waals surface area contributed by atoms with Gasteiger partial charge in [-0.2, -0.15) is 0 Å². The number of hydrogen-bond donors (Lipinski definition) is 0. The lowest BCUT2D eigenvalue weighted by Crippen LogP contribution is -2.34. The zero-order chi connectivity index (χ0) is 10.1. The third kappa shape index (κ3) is 2.08. The van der Waals surface area contributed by atoms with Crippen LogP contribution in [0.5, 0.6) is 0 Å². The van der Waals surface area contributed by atoms with Crippen LogP contribution in [0.25, 0.3) is 0 Å². The Balaban J connectivity index is 2.63. The van der Waals surface area contributed by atoms with Gasteiger partial charge in [-0.05, 0) is 6.42 Å². The molecule has 1 heterocycles. The Morgan fingerprint density at radius 1 is 1.62 bits per heavy atom. The SMILES string of the molecule is CCC(C)(C)C(=O)[C@H]1CCC(=O)O1. The summed E-state index contributed by atoms with van der Waals surface area (Å²) in [5.74, 6) is -0.189. The van der Waals surface area contributed by atoms with E-state index in [9.17, 15) is 9.59 Å². The number of esters is 1. The summed E-state index contributed by atoms with van der Waals surface area (Å²) in [6, 6.07) is 0. The van der Waals surface area contributed by atoms with Crippen LogP contribution in [-0.4, -0.2) is 17.9 Å². The lowest BCUT2D eigenvalue weighted by molar-refractivity contribution is -0.150. The van der Waals surface area contributed by atoms with Crippen molar-refractivity contribution in [2.24, 2.45) is 5.41 Å². The minimum Gasteiger partial charge on any atom is -0.454 e. The number of hydrogen-bond acceptors (Lipinski definition) is 3. The first-order chi connectivity index (χ1) is 5.97. The molecule has 0 unspecified atom stereocenters. The van der Waals surface area contributed by atoms with Crippen LogP contribution in [0.15, 0.2) is 0 Å². The van der Waals surface area contributed by atoms with Crippen molar-refractivity contribution in [3.63, 3.8) is 0 Å². The van der Waals surface area contributed by atoms with E-state index >= 15 is 0 Å². The third-order valence-electron chi connectivity index (χ3n) is 2.73. The molecule has 1 rings (SSSR count). The molecule has 0 N–H and O–H groups in total. The normalized spacial score (nSPS) is 23.0. The van der Waals surface area contributed by atoms with Crippen molar-refractivity contribution in [3.8, 4) is 0 Å². The van der Waals surface area contributed by atoms with Gasteiger partial charge in [-0.15, -0.1) is 0 Å². The highest BCUT2D eigenvalue weighted by Gasteiger charge is 2.37. The quantitative estimate of drug-likeness (QED) is 0.627. The van der Waals surface area contributed by atoms with Crippen LogP contribution in [0, 0.1) is 5.41 Å². The van der Waals surface area contributed by atoms with Crippen molar-refractivity contribution < 1.29 is 14.3 Å². The second kappa shape index (κ2) is 3.48. The molecule has 0 bridgehead atoms. The van der Waals surface area contributed by atoms with Crippen molar-refractivity contribution in [2.45, 2.75) is 46.1 Å². The van der Waals surface area contributed by atoms with Gasteiger partial charge >= 0.3 is 5.97 Å². The topological polar surface area (TPSA) is 43.4 Å². The van der Waals surface area contributed by atoms with Gasteiger partial charge in [0.15, 0.2) is 11.9 Å². The Bertz CT molecular complexity index is 230. The van der Waals surface area contributed by atoms with E-state index in [1.54, 1.807) is 0 Å². The first kappa shape index (κ1) is 10.2. The Kier molecular flexibility index (Phi) is 2.74. The molecular formula is C10H16O3. The first-order valence-corrected chi connectivity index (χ1v) is 4.71. The summed E-state index contributed by atoms with van der Waals surface area (Å²) in [7, 11) is 0. The standard InChI is InChI=1S/C10H16O3/c1-4-10(2,3)9(12)7-5-6-8(11)13-7/h7H,4-6H2,1-3H3/t7-/m1/s1. The zero-order valence-electron chi connectivity index (χ0n) is 8.42. The molecule has 1 aliphatic heterocycles. The fourth-order valence-corrected chi connectivity index (χ4v) is 1.32. The summed E-state index contributed by atoms with van der Waals surface area (Å²) >= 11 is 0. The molecule has 0 saturated carbocycles. The largest absolute Gasteiger partial charge is 0.454 e. The summed E-state index contributed by atoms with van der Waals surface area (Å²) in [5, 5.41) is 0. The smallest absolute Gasteiger partial charge is 0.306 e. The molecule has 1 atom stereocenters. The Morgan fingerprint density at radius 3 is 2.62 bits per heavy atom. The van der Waals surface area contributed by atoms with Gasteiger partial charge < -0.3 is 4.74 Å². The van der Waals surface area contributed by atoms with E-state index in [0.29, 0.717) is 12.8 Å². The van der Waals surface area contributed by atoms with Gasteiger partial charge in [0.25, 0.3) is 0 Å². The third-order valence-corrected chi connectivity index (χ3v) is 2.73. The van der Waals surface area contributed by atoms with Gasteiger partial charge in [-0.25, -0.2) is 0 Å². The van der Waals surface area contributed by atoms with Gasteiger partial charge in [0.2, 0.25) is 0 Å². The number of cyclic esters (lactones) is 1. The molecule has 0 spiro atoms. The predicted octanol–water partition coefficient (Wildman–Crippen LogP) is 1.70. The second-order valence-corrected chi connectivity index (χ2v) is 4.12. The molecule has 1 aliphatic rings. The van der Waals surface area contributed by atoms with Gasteiger partial charge in [0.1, 0.15) is 0 Å². The van der Waals surface area contributed by atoms with Gasteiger partial charge in [0.05, 0.1) is 0 Å². The van der Waals surface area contributed by atoms with E-state index in [1.165, 1.54) is 0 Å². The maximum absolute atomic E-state index is 11.8. The fourth-order valence-electron chi connectivity index (χ4n) is 1.32. The van der Waals surface area contributed by atoms with Crippen molar-refractivity contribution in [3.05, 3.63) is 0 Å². The Hall–Kier alpha value is -0.860. The highest BCUT2D eigenvalue weighted by atomic mass is 16.6. The van der Waals surface area contributed by atoms with Crippen LogP contribution >= 0.6 is 0 Å². The minimum absolute atomic E-state index is 0.0563. The Morgan fingerprint density at radius 2 is 2.23 bits per heavy atom. The van der Waals surface area contributed by atoms with E-state index in [4.69, 9.17) is 4.74 Å². The summed E-state index contributed by atoms with van der Waals surface area (Å²) in [6.45, 7) is 5.75. The highest BCUT2D eigenvalue weighted by Crippen LogP contribution is 2.28. The summed E-state index contributed by atoms with van der Waals surface area (Å²) in [6.07, 6.45) is 1.24. The van der Waals surface area contributed by atoms with Crippen molar-refractivity contribution in [1.29, 1.82) is 0 Å². The molecule has 3 nitrogen and oxygen atoms in total. The fraction of sp³-hybridized carbons (Fsp3) is 0.800. The number of Topliss-reactive ketones (excluding diaryl/α,β-unsaturated/α-hetero) is 1. The van der Waals surface area contributed by atoms with Crippen molar-refractivity contribution >= 4 is 11.8 Å². The molecule has 0 aliphatic carbocycles.